The van der Waals surface area contributed by atoms with Gasteiger partial charge in [-0.2, -0.15) is 0 Å². The zero-order chi connectivity index (χ0) is 18.0. The van der Waals surface area contributed by atoms with Crippen LogP contribution in [0.5, 0.6) is 0 Å². The summed E-state index contributed by atoms with van der Waals surface area (Å²) in [5.41, 5.74) is 1.18. The van der Waals surface area contributed by atoms with Crippen molar-refractivity contribution in [1.29, 1.82) is 0 Å². The van der Waals surface area contributed by atoms with Crippen molar-refractivity contribution < 1.29 is 9.90 Å². The average Bonchev–Trinajstić information content (AvgIpc) is 2.91. The standard InChI is InChI=1S/C21H25N3O2/c25-20(23-13-16-5-2-1-3-6-16)15-24-18-8-9-19(24)12-21(26,11-18)17-7-4-10-22-14-17/h1-7,10,14,18-19,26H,8-9,11-13,15H2,(H,23,25). The van der Waals surface area contributed by atoms with E-state index in [2.05, 4.69) is 15.2 Å². The van der Waals surface area contributed by atoms with E-state index < -0.39 is 5.60 Å². The SMILES string of the molecule is O=C(CN1C2CCC1CC(O)(c1cccnc1)C2)NCc1ccccc1. The third-order valence-electron chi connectivity index (χ3n) is 5.78. The van der Waals surface area contributed by atoms with Gasteiger partial charge in [-0.15, -0.1) is 0 Å². The van der Waals surface area contributed by atoms with E-state index in [1.807, 2.05) is 42.5 Å². The first-order valence-corrected chi connectivity index (χ1v) is 9.33. The molecular formula is C21H25N3O2. The van der Waals surface area contributed by atoms with Crippen molar-refractivity contribution in [3.05, 3.63) is 66.0 Å². The molecule has 2 atom stereocenters. The number of rotatable bonds is 5. The second-order valence-electron chi connectivity index (χ2n) is 7.50. The Morgan fingerprint density at radius 3 is 2.54 bits per heavy atom. The summed E-state index contributed by atoms with van der Waals surface area (Å²) < 4.78 is 0. The fraction of sp³-hybridized carbons (Fsp3) is 0.429. The highest BCUT2D eigenvalue weighted by Gasteiger charge is 2.48. The van der Waals surface area contributed by atoms with Gasteiger partial charge in [0, 0.05) is 36.6 Å². The lowest BCUT2D eigenvalue weighted by Gasteiger charge is -2.43. The van der Waals surface area contributed by atoms with Gasteiger partial charge in [-0.25, -0.2) is 0 Å². The molecule has 2 bridgehead atoms. The first kappa shape index (κ1) is 17.2. The normalized spacial score (nSPS) is 28.0. The molecule has 0 radical (unpaired) electrons. The number of fused-ring (bicyclic) bond motifs is 2. The van der Waals surface area contributed by atoms with Crippen molar-refractivity contribution in [3.8, 4) is 0 Å². The number of carbonyl (C=O) groups excluding carboxylic acids is 1. The second kappa shape index (κ2) is 7.17. The first-order chi connectivity index (χ1) is 12.6. The Balaban J connectivity index is 1.37. The fourth-order valence-corrected chi connectivity index (χ4v) is 4.47. The minimum Gasteiger partial charge on any atom is -0.385 e. The van der Waals surface area contributed by atoms with E-state index >= 15 is 0 Å². The summed E-state index contributed by atoms with van der Waals surface area (Å²) in [6, 6.07) is 14.3. The van der Waals surface area contributed by atoms with E-state index in [1.54, 1.807) is 12.4 Å². The highest BCUT2D eigenvalue weighted by atomic mass is 16.3. The fourth-order valence-electron chi connectivity index (χ4n) is 4.47. The maximum atomic E-state index is 12.4. The van der Waals surface area contributed by atoms with Crippen LogP contribution in [0.1, 0.15) is 36.8 Å². The van der Waals surface area contributed by atoms with Gasteiger partial charge < -0.3 is 10.4 Å². The maximum absolute atomic E-state index is 12.4. The van der Waals surface area contributed by atoms with Crippen LogP contribution in [0, 0.1) is 0 Å². The second-order valence-corrected chi connectivity index (χ2v) is 7.50. The number of hydrogen-bond donors (Lipinski definition) is 2. The number of benzene rings is 1. The molecule has 26 heavy (non-hydrogen) atoms. The lowest BCUT2D eigenvalue weighted by Crippen LogP contribution is -2.52. The molecule has 2 N–H and O–H groups in total. The van der Waals surface area contributed by atoms with Gasteiger partial charge in [0.15, 0.2) is 0 Å². The number of nitrogens with zero attached hydrogens (tertiary/aromatic N) is 2. The van der Waals surface area contributed by atoms with Gasteiger partial charge in [-0.05, 0) is 37.3 Å². The van der Waals surface area contributed by atoms with E-state index in [9.17, 15) is 9.90 Å². The van der Waals surface area contributed by atoms with Gasteiger partial charge in [-0.3, -0.25) is 14.7 Å². The molecule has 5 nitrogen and oxygen atoms in total. The van der Waals surface area contributed by atoms with Crippen LogP contribution in [0.3, 0.4) is 0 Å². The molecule has 2 unspecified atom stereocenters. The monoisotopic (exact) mass is 351 g/mol. The lowest BCUT2D eigenvalue weighted by molar-refractivity contribution is -0.126. The van der Waals surface area contributed by atoms with E-state index in [4.69, 9.17) is 0 Å². The molecule has 1 aromatic carbocycles. The van der Waals surface area contributed by atoms with Crippen LogP contribution in [-0.4, -0.2) is 39.5 Å². The molecule has 0 spiro atoms. The Kier molecular flexibility index (Phi) is 4.74. The van der Waals surface area contributed by atoms with Gasteiger partial charge in [-0.1, -0.05) is 36.4 Å². The molecule has 2 aromatic rings. The summed E-state index contributed by atoms with van der Waals surface area (Å²) >= 11 is 0. The molecule has 4 rings (SSSR count). The van der Waals surface area contributed by atoms with Crippen LogP contribution in [0.2, 0.25) is 0 Å². The van der Waals surface area contributed by atoms with Gasteiger partial charge >= 0.3 is 0 Å². The third kappa shape index (κ3) is 3.50. The van der Waals surface area contributed by atoms with Gasteiger partial charge in [0.2, 0.25) is 5.91 Å². The molecule has 3 heterocycles. The van der Waals surface area contributed by atoms with Gasteiger partial charge in [0.1, 0.15) is 0 Å². The molecule has 0 aliphatic carbocycles. The van der Waals surface area contributed by atoms with Crippen molar-refractivity contribution in [2.75, 3.05) is 6.54 Å². The summed E-state index contributed by atoms with van der Waals surface area (Å²) in [6.07, 6.45) is 6.91. The number of carbonyl (C=O) groups is 1. The zero-order valence-electron chi connectivity index (χ0n) is 14.8. The Morgan fingerprint density at radius 1 is 1.15 bits per heavy atom. The predicted molar refractivity (Wildman–Crippen MR) is 99.2 cm³/mol. The molecule has 1 amide bonds. The summed E-state index contributed by atoms with van der Waals surface area (Å²) in [6.45, 7) is 0.966. The number of pyridine rings is 1. The molecule has 136 valence electrons. The van der Waals surface area contributed by atoms with Crippen molar-refractivity contribution in [2.24, 2.45) is 0 Å². The third-order valence-corrected chi connectivity index (χ3v) is 5.78. The van der Waals surface area contributed by atoms with Crippen molar-refractivity contribution in [3.63, 3.8) is 0 Å². The minimum atomic E-state index is -0.822. The largest absolute Gasteiger partial charge is 0.385 e. The molecule has 2 saturated heterocycles. The Bertz CT molecular complexity index is 736. The van der Waals surface area contributed by atoms with Crippen molar-refractivity contribution >= 4 is 5.91 Å². The highest BCUT2D eigenvalue weighted by Crippen LogP contribution is 2.45. The molecule has 2 aliphatic rings. The first-order valence-electron chi connectivity index (χ1n) is 9.33. The molecule has 5 heteroatoms. The smallest absolute Gasteiger partial charge is 0.234 e. The molecule has 0 saturated carbocycles. The molecule has 2 aliphatic heterocycles. The molecule has 2 fully saturated rings. The summed E-state index contributed by atoms with van der Waals surface area (Å²) in [7, 11) is 0. The average molecular weight is 351 g/mol. The Morgan fingerprint density at radius 2 is 1.88 bits per heavy atom. The summed E-state index contributed by atoms with van der Waals surface area (Å²) in [4.78, 5) is 18.9. The van der Waals surface area contributed by atoms with Gasteiger partial charge in [0.25, 0.3) is 0 Å². The van der Waals surface area contributed by atoms with E-state index in [0.717, 1.165) is 24.0 Å². The van der Waals surface area contributed by atoms with Crippen LogP contribution in [0.4, 0.5) is 0 Å². The number of hydrogen-bond acceptors (Lipinski definition) is 4. The predicted octanol–water partition coefficient (Wildman–Crippen LogP) is 2.21. The van der Waals surface area contributed by atoms with E-state index in [0.29, 0.717) is 25.9 Å². The van der Waals surface area contributed by atoms with Crippen molar-refractivity contribution in [1.82, 2.24) is 15.2 Å². The van der Waals surface area contributed by atoms with Crippen molar-refractivity contribution in [2.45, 2.75) is 49.9 Å². The maximum Gasteiger partial charge on any atom is 0.234 e. The molecule has 1 aromatic heterocycles. The van der Waals surface area contributed by atoms with Crippen LogP contribution in [0.15, 0.2) is 54.9 Å². The van der Waals surface area contributed by atoms with Crippen LogP contribution in [-0.2, 0) is 16.9 Å². The number of aliphatic hydroxyl groups is 1. The summed E-state index contributed by atoms with van der Waals surface area (Å²) in [5.74, 6) is 0.0533. The number of piperidine rings is 1. The lowest BCUT2D eigenvalue weighted by atomic mass is 9.81. The number of nitrogens with one attached hydrogen (secondary N) is 1. The Labute approximate surface area is 154 Å². The van der Waals surface area contributed by atoms with Crippen LogP contribution < -0.4 is 5.32 Å². The van der Waals surface area contributed by atoms with Crippen LogP contribution >= 0.6 is 0 Å². The number of aromatic nitrogens is 1. The number of amides is 1. The molecular weight excluding hydrogens is 326 g/mol. The van der Waals surface area contributed by atoms with E-state index in [1.165, 1.54) is 0 Å². The topological polar surface area (TPSA) is 65.5 Å². The zero-order valence-corrected chi connectivity index (χ0v) is 14.8. The van der Waals surface area contributed by atoms with Crippen LogP contribution in [0.25, 0.3) is 0 Å². The van der Waals surface area contributed by atoms with Gasteiger partial charge in [0.05, 0.1) is 12.1 Å². The Hall–Kier alpha value is -2.24. The quantitative estimate of drug-likeness (QED) is 0.867. The minimum absolute atomic E-state index is 0.0533. The van der Waals surface area contributed by atoms with E-state index in [-0.39, 0.29) is 18.0 Å². The summed E-state index contributed by atoms with van der Waals surface area (Å²) in [5, 5.41) is 14.2. The highest BCUT2D eigenvalue weighted by molar-refractivity contribution is 5.78.